The summed E-state index contributed by atoms with van der Waals surface area (Å²) in [5.41, 5.74) is 5.74. The number of hydrogen-bond acceptors (Lipinski definition) is 7. The molecule has 2 aliphatic rings. The molecule has 156 valence electrons. The van der Waals surface area contributed by atoms with Gasteiger partial charge in [0.05, 0.1) is 24.6 Å². The highest BCUT2D eigenvalue weighted by Crippen LogP contribution is 2.28. The number of morpholine rings is 1. The van der Waals surface area contributed by atoms with Crippen LogP contribution in [0.2, 0.25) is 0 Å². The summed E-state index contributed by atoms with van der Waals surface area (Å²) in [6.45, 7) is 8.22. The van der Waals surface area contributed by atoms with Gasteiger partial charge in [-0.3, -0.25) is 14.6 Å². The molecule has 0 saturated carbocycles. The van der Waals surface area contributed by atoms with Gasteiger partial charge in [0.1, 0.15) is 5.82 Å². The molecule has 5 heterocycles. The van der Waals surface area contributed by atoms with Crippen LogP contribution in [-0.4, -0.2) is 62.5 Å². The Morgan fingerprint density at radius 1 is 1.13 bits per heavy atom. The van der Waals surface area contributed by atoms with Gasteiger partial charge in [-0.25, -0.2) is 9.97 Å². The Balaban J connectivity index is 1.35. The first-order chi connectivity index (χ1) is 14.7. The van der Waals surface area contributed by atoms with E-state index in [0.29, 0.717) is 0 Å². The van der Waals surface area contributed by atoms with E-state index in [-0.39, 0.29) is 0 Å². The van der Waals surface area contributed by atoms with Crippen LogP contribution in [0.4, 0.5) is 5.82 Å². The number of aromatic nitrogens is 5. The smallest absolute Gasteiger partial charge is 0.160 e. The van der Waals surface area contributed by atoms with E-state index in [1.165, 1.54) is 16.9 Å². The predicted octanol–water partition coefficient (Wildman–Crippen LogP) is 1.98. The van der Waals surface area contributed by atoms with Gasteiger partial charge in [-0.2, -0.15) is 5.10 Å². The van der Waals surface area contributed by atoms with Crippen molar-refractivity contribution in [2.24, 2.45) is 7.05 Å². The Labute approximate surface area is 176 Å². The summed E-state index contributed by atoms with van der Waals surface area (Å²) in [4.78, 5) is 18.5. The molecule has 0 N–H and O–H groups in total. The maximum absolute atomic E-state index is 5.54. The lowest BCUT2D eigenvalue weighted by Gasteiger charge is -2.32. The zero-order chi connectivity index (χ0) is 20.5. The SMILES string of the molecule is Cc1nn(C)c(N2CCOCC2)c1CN1CCc2nc(-c3cccnc3)ncc2C1. The van der Waals surface area contributed by atoms with Crippen molar-refractivity contribution in [1.29, 1.82) is 0 Å². The molecule has 3 aromatic heterocycles. The summed E-state index contributed by atoms with van der Waals surface area (Å²) < 4.78 is 7.56. The van der Waals surface area contributed by atoms with Gasteiger partial charge in [-0.15, -0.1) is 0 Å². The molecule has 5 rings (SSSR count). The Morgan fingerprint density at radius 2 is 2.00 bits per heavy atom. The van der Waals surface area contributed by atoms with Crippen LogP contribution in [-0.2, 0) is 31.3 Å². The average Bonchev–Trinajstić information content (AvgIpc) is 3.07. The summed E-state index contributed by atoms with van der Waals surface area (Å²) in [5, 5.41) is 4.72. The highest BCUT2D eigenvalue weighted by atomic mass is 16.5. The largest absolute Gasteiger partial charge is 0.378 e. The molecule has 0 amide bonds. The molecular formula is C22H27N7O. The monoisotopic (exact) mass is 405 g/mol. The van der Waals surface area contributed by atoms with Crippen LogP contribution in [0.25, 0.3) is 11.4 Å². The lowest BCUT2D eigenvalue weighted by atomic mass is 10.1. The molecule has 0 spiro atoms. The summed E-state index contributed by atoms with van der Waals surface area (Å²) in [5.74, 6) is 1.98. The molecule has 30 heavy (non-hydrogen) atoms. The van der Waals surface area contributed by atoms with Crippen LogP contribution in [0, 0.1) is 6.92 Å². The number of hydrogen-bond donors (Lipinski definition) is 0. The third-order valence-electron chi connectivity index (χ3n) is 5.94. The minimum Gasteiger partial charge on any atom is -0.378 e. The van der Waals surface area contributed by atoms with Gasteiger partial charge < -0.3 is 9.64 Å². The Morgan fingerprint density at radius 3 is 2.80 bits per heavy atom. The topological polar surface area (TPSA) is 72.2 Å². The average molecular weight is 406 g/mol. The van der Waals surface area contributed by atoms with Crippen molar-refractivity contribution in [1.82, 2.24) is 29.6 Å². The van der Waals surface area contributed by atoms with Gasteiger partial charge >= 0.3 is 0 Å². The van der Waals surface area contributed by atoms with Crippen molar-refractivity contribution in [3.8, 4) is 11.4 Å². The van der Waals surface area contributed by atoms with Crippen LogP contribution in [0.5, 0.6) is 0 Å². The van der Waals surface area contributed by atoms with Crippen molar-refractivity contribution in [2.45, 2.75) is 26.4 Å². The molecule has 0 aromatic carbocycles. The summed E-state index contributed by atoms with van der Waals surface area (Å²) in [7, 11) is 2.04. The van der Waals surface area contributed by atoms with Crippen molar-refractivity contribution in [3.63, 3.8) is 0 Å². The standard InChI is InChI=1S/C22H27N7O/c1-16-19(22(27(2)26-16)29-8-10-30-11-9-29)15-28-7-5-20-18(14-28)13-24-21(25-20)17-4-3-6-23-12-17/h3-4,6,12-13H,5,7-11,14-15H2,1-2H3. The zero-order valence-electron chi connectivity index (χ0n) is 17.6. The number of anilines is 1. The predicted molar refractivity (Wildman–Crippen MR) is 114 cm³/mol. The second kappa shape index (κ2) is 8.12. The fraction of sp³-hybridized carbons (Fsp3) is 0.455. The first kappa shape index (κ1) is 19.1. The molecule has 8 heteroatoms. The van der Waals surface area contributed by atoms with Crippen LogP contribution in [0.3, 0.4) is 0 Å². The molecule has 0 atom stereocenters. The molecule has 8 nitrogen and oxygen atoms in total. The van der Waals surface area contributed by atoms with Gasteiger partial charge in [0, 0.05) is 81.5 Å². The minimum atomic E-state index is 0.757. The van der Waals surface area contributed by atoms with Crippen molar-refractivity contribution in [2.75, 3.05) is 37.7 Å². The number of nitrogens with zero attached hydrogens (tertiary/aromatic N) is 7. The normalized spacial score (nSPS) is 17.2. The van der Waals surface area contributed by atoms with Crippen molar-refractivity contribution < 1.29 is 4.74 Å². The number of fused-ring (bicyclic) bond motifs is 1. The molecule has 2 aliphatic heterocycles. The van der Waals surface area contributed by atoms with E-state index in [2.05, 4.69) is 26.7 Å². The lowest BCUT2D eigenvalue weighted by Crippen LogP contribution is -2.38. The van der Waals surface area contributed by atoms with Gasteiger partial charge in [0.25, 0.3) is 0 Å². The quantitative estimate of drug-likeness (QED) is 0.657. The van der Waals surface area contributed by atoms with Gasteiger partial charge in [0.15, 0.2) is 5.82 Å². The van der Waals surface area contributed by atoms with Crippen LogP contribution >= 0.6 is 0 Å². The Kier molecular flexibility index (Phi) is 5.18. The first-order valence-electron chi connectivity index (χ1n) is 10.5. The van der Waals surface area contributed by atoms with Gasteiger partial charge in [-0.05, 0) is 19.1 Å². The number of rotatable bonds is 4. The highest BCUT2D eigenvalue weighted by Gasteiger charge is 2.25. The van der Waals surface area contributed by atoms with E-state index in [1.54, 1.807) is 6.20 Å². The van der Waals surface area contributed by atoms with Gasteiger partial charge in [-0.1, -0.05) is 0 Å². The summed E-state index contributed by atoms with van der Waals surface area (Å²) in [6, 6.07) is 3.92. The van der Waals surface area contributed by atoms with E-state index >= 15 is 0 Å². The second-order valence-corrected chi connectivity index (χ2v) is 7.98. The third-order valence-corrected chi connectivity index (χ3v) is 5.94. The molecule has 0 unspecified atom stereocenters. The molecule has 3 aromatic rings. The lowest BCUT2D eigenvalue weighted by molar-refractivity contribution is 0.122. The van der Waals surface area contributed by atoms with Crippen LogP contribution in [0.1, 0.15) is 22.5 Å². The number of pyridine rings is 1. The number of ether oxygens (including phenoxy) is 1. The van der Waals surface area contributed by atoms with Crippen molar-refractivity contribution in [3.05, 3.63) is 53.2 Å². The highest BCUT2D eigenvalue weighted by molar-refractivity contribution is 5.53. The van der Waals surface area contributed by atoms with Crippen molar-refractivity contribution >= 4 is 5.82 Å². The third kappa shape index (κ3) is 3.68. The van der Waals surface area contributed by atoms with E-state index in [9.17, 15) is 0 Å². The number of aryl methyl sites for hydroxylation is 2. The zero-order valence-corrected chi connectivity index (χ0v) is 17.6. The Hall–Kier alpha value is -2.84. The molecule has 1 saturated heterocycles. The fourth-order valence-corrected chi connectivity index (χ4v) is 4.41. The maximum atomic E-state index is 5.54. The van der Waals surface area contributed by atoms with Gasteiger partial charge in [0.2, 0.25) is 0 Å². The van der Waals surface area contributed by atoms with Crippen LogP contribution in [0.15, 0.2) is 30.7 Å². The fourth-order valence-electron chi connectivity index (χ4n) is 4.41. The van der Waals surface area contributed by atoms with E-state index < -0.39 is 0 Å². The summed E-state index contributed by atoms with van der Waals surface area (Å²) in [6.07, 6.45) is 6.49. The molecular weight excluding hydrogens is 378 g/mol. The molecule has 0 radical (unpaired) electrons. The minimum absolute atomic E-state index is 0.757. The molecule has 0 aliphatic carbocycles. The van der Waals surface area contributed by atoms with Crippen LogP contribution < -0.4 is 4.90 Å². The maximum Gasteiger partial charge on any atom is 0.160 e. The molecule has 0 bridgehead atoms. The first-order valence-corrected chi connectivity index (χ1v) is 10.5. The molecule has 1 fully saturated rings. The van der Waals surface area contributed by atoms with E-state index in [0.717, 1.165) is 75.1 Å². The summed E-state index contributed by atoms with van der Waals surface area (Å²) >= 11 is 0. The van der Waals surface area contributed by atoms with E-state index in [1.807, 2.05) is 36.3 Å². The second-order valence-electron chi connectivity index (χ2n) is 7.98. The van der Waals surface area contributed by atoms with E-state index in [4.69, 9.17) is 14.8 Å². The Bertz CT molecular complexity index is 1030.